The highest BCUT2D eigenvalue weighted by atomic mass is 79.9. The number of nitrogens with one attached hydrogen (secondary N) is 1. The van der Waals surface area contributed by atoms with Crippen LogP contribution in [0.15, 0.2) is 41.0 Å². The summed E-state index contributed by atoms with van der Waals surface area (Å²) in [5, 5.41) is 2.71. The standard InChI is InChI=1S/C16H12BrN3O3/c1-9-7-10(17)4-5-12(9)19-13(21)8-20-15(22)11-3-2-6-18-14(11)16(20)23/h2-7H,8H2,1H3,(H,19,21). The summed E-state index contributed by atoms with van der Waals surface area (Å²) in [6, 6.07) is 8.52. The average Bonchev–Trinajstić information content (AvgIpc) is 2.76. The molecule has 1 aromatic carbocycles. The Morgan fingerprint density at radius 1 is 1.26 bits per heavy atom. The molecule has 0 aliphatic carbocycles. The molecule has 2 aromatic rings. The first-order chi connectivity index (χ1) is 11.0. The van der Waals surface area contributed by atoms with Crippen LogP contribution in [-0.4, -0.2) is 34.2 Å². The van der Waals surface area contributed by atoms with E-state index in [0.29, 0.717) is 5.69 Å². The monoisotopic (exact) mass is 373 g/mol. The predicted molar refractivity (Wildman–Crippen MR) is 87.1 cm³/mol. The van der Waals surface area contributed by atoms with Crippen LogP contribution in [0.1, 0.15) is 26.4 Å². The topological polar surface area (TPSA) is 79.4 Å². The molecular formula is C16H12BrN3O3. The van der Waals surface area contributed by atoms with Crippen LogP contribution in [0.5, 0.6) is 0 Å². The van der Waals surface area contributed by atoms with E-state index in [-0.39, 0.29) is 17.8 Å². The number of fused-ring (bicyclic) bond motifs is 1. The van der Waals surface area contributed by atoms with E-state index in [4.69, 9.17) is 0 Å². The Labute approximate surface area is 140 Å². The third-order valence-electron chi connectivity index (χ3n) is 3.50. The van der Waals surface area contributed by atoms with E-state index < -0.39 is 17.7 Å². The Balaban J connectivity index is 1.74. The summed E-state index contributed by atoms with van der Waals surface area (Å²) in [4.78, 5) is 41.3. The quantitative estimate of drug-likeness (QED) is 0.837. The number of benzene rings is 1. The van der Waals surface area contributed by atoms with Crippen molar-refractivity contribution >= 4 is 39.3 Å². The molecule has 116 valence electrons. The van der Waals surface area contributed by atoms with E-state index in [1.807, 2.05) is 13.0 Å². The first-order valence-corrected chi connectivity index (χ1v) is 7.64. The number of carbonyl (C=O) groups excluding carboxylic acids is 3. The van der Waals surface area contributed by atoms with E-state index in [9.17, 15) is 14.4 Å². The highest BCUT2D eigenvalue weighted by Gasteiger charge is 2.37. The summed E-state index contributed by atoms with van der Waals surface area (Å²) in [6.07, 6.45) is 1.44. The van der Waals surface area contributed by atoms with Gasteiger partial charge in [-0.25, -0.2) is 0 Å². The average molecular weight is 374 g/mol. The van der Waals surface area contributed by atoms with Crippen molar-refractivity contribution < 1.29 is 14.4 Å². The van der Waals surface area contributed by atoms with Crippen molar-refractivity contribution in [2.45, 2.75) is 6.92 Å². The molecule has 1 aromatic heterocycles. The molecule has 0 unspecified atom stereocenters. The van der Waals surface area contributed by atoms with Crippen molar-refractivity contribution in [3.8, 4) is 0 Å². The van der Waals surface area contributed by atoms with Gasteiger partial charge in [0.05, 0.1) is 5.56 Å². The Bertz CT molecular complexity index is 800. The fourth-order valence-electron chi connectivity index (χ4n) is 2.36. The van der Waals surface area contributed by atoms with Gasteiger partial charge in [0.15, 0.2) is 0 Å². The molecule has 23 heavy (non-hydrogen) atoms. The molecule has 2 heterocycles. The molecule has 7 heteroatoms. The van der Waals surface area contributed by atoms with Gasteiger partial charge in [-0.3, -0.25) is 24.3 Å². The number of pyridine rings is 1. The number of rotatable bonds is 3. The molecule has 1 aliphatic rings. The lowest BCUT2D eigenvalue weighted by molar-refractivity contribution is -0.116. The zero-order chi connectivity index (χ0) is 16.6. The number of hydrogen-bond acceptors (Lipinski definition) is 4. The molecule has 0 bridgehead atoms. The maximum atomic E-state index is 12.2. The van der Waals surface area contributed by atoms with Crippen LogP contribution >= 0.6 is 15.9 Å². The number of aryl methyl sites for hydroxylation is 1. The van der Waals surface area contributed by atoms with Crippen LogP contribution in [0, 0.1) is 6.92 Å². The van der Waals surface area contributed by atoms with Gasteiger partial charge >= 0.3 is 0 Å². The summed E-state index contributed by atoms with van der Waals surface area (Å²) < 4.78 is 0.902. The van der Waals surface area contributed by atoms with Gasteiger partial charge in [0.25, 0.3) is 11.8 Å². The highest BCUT2D eigenvalue weighted by molar-refractivity contribution is 9.10. The summed E-state index contributed by atoms with van der Waals surface area (Å²) in [5.74, 6) is -1.49. The molecule has 3 rings (SSSR count). The minimum absolute atomic E-state index is 0.0881. The second-order valence-electron chi connectivity index (χ2n) is 5.10. The van der Waals surface area contributed by atoms with Gasteiger partial charge in [0, 0.05) is 16.4 Å². The van der Waals surface area contributed by atoms with Crippen molar-refractivity contribution in [1.82, 2.24) is 9.88 Å². The summed E-state index contributed by atoms with van der Waals surface area (Å²) in [6.45, 7) is 1.51. The van der Waals surface area contributed by atoms with Crippen LogP contribution in [0.25, 0.3) is 0 Å². The predicted octanol–water partition coefficient (Wildman–Crippen LogP) is 2.39. The van der Waals surface area contributed by atoms with Gasteiger partial charge in [-0.15, -0.1) is 0 Å². The van der Waals surface area contributed by atoms with Crippen LogP contribution < -0.4 is 5.32 Å². The minimum atomic E-state index is -0.548. The number of halogens is 1. The summed E-state index contributed by atoms with van der Waals surface area (Å²) in [7, 11) is 0. The molecule has 0 saturated heterocycles. The van der Waals surface area contributed by atoms with E-state index in [1.54, 1.807) is 18.2 Å². The maximum Gasteiger partial charge on any atom is 0.280 e. The first-order valence-electron chi connectivity index (χ1n) is 6.84. The Kier molecular flexibility index (Phi) is 3.96. The molecule has 0 atom stereocenters. The number of anilines is 1. The van der Waals surface area contributed by atoms with Crippen LogP contribution in [0.2, 0.25) is 0 Å². The molecule has 3 amide bonds. The lowest BCUT2D eigenvalue weighted by Gasteiger charge is -2.14. The molecular weight excluding hydrogens is 362 g/mol. The smallest absolute Gasteiger partial charge is 0.280 e. The number of nitrogens with zero attached hydrogens (tertiary/aromatic N) is 2. The van der Waals surface area contributed by atoms with Crippen LogP contribution in [-0.2, 0) is 4.79 Å². The number of imide groups is 1. The molecule has 1 N–H and O–H groups in total. The van der Waals surface area contributed by atoms with Crippen molar-refractivity contribution in [1.29, 1.82) is 0 Å². The highest BCUT2D eigenvalue weighted by Crippen LogP contribution is 2.22. The number of hydrogen-bond donors (Lipinski definition) is 1. The number of amides is 3. The van der Waals surface area contributed by atoms with E-state index in [0.717, 1.165) is 14.9 Å². The zero-order valence-electron chi connectivity index (χ0n) is 12.2. The Hall–Kier alpha value is -2.54. The fourth-order valence-corrected chi connectivity index (χ4v) is 2.83. The minimum Gasteiger partial charge on any atom is -0.324 e. The van der Waals surface area contributed by atoms with Crippen LogP contribution in [0.3, 0.4) is 0 Å². The number of carbonyl (C=O) groups is 3. The Morgan fingerprint density at radius 2 is 2.04 bits per heavy atom. The maximum absolute atomic E-state index is 12.2. The molecule has 0 spiro atoms. The van der Waals surface area contributed by atoms with Gasteiger partial charge < -0.3 is 5.32 Å². The van der Waals surface area contributed by atoms with Gasteiger partial charge in [0.2, 0.25) is 5.91 Å². The van der Waals surface area contributed by atoms with Crippen molar-refractivity contribution in [2.24, 2.45) is 0 Å². The molecule has 0 radical (unpaired) electrons. The normalized spacial score (nSPS) is 13.2. The zero-order valence-corrected chi connectivity index (χ0v) is 13.8. The van der Waals surface area contributed by atoms with Crippen molar-refractivity contribution in [3.05, 3.63) is 57.8 Å². The lowest BCUT2D eigenvalue weighted by atomic mass is 10.2. The van der Waals surface area contributed by atoms with Gasteiger partial charge in [0.1, 0.15) is 12.2 Å². The molecule has 1 aliphatic heterocycles. The molecule has 6 nitrogen and oxygen atoms in total. The van der Waals surface area contributed by atoms with Crippen molar-refractivity contribution in [2.75, 3.05) is 11.9 Å². The van der Waals surface area contributed by atoms with E-state index in [1.165, 1.54) is 12.3 Å². The Morgan fingerprint density at radius 3 is 2.74 bits per heavy atom. The van der Waals surface area contributed by atoms with E-state index >= 15 is 0 Å². The summed E-state index contributed by atoms with van der Waals surface area (Å²) >= 11 is 3.35. The van der Waals surface area contributed by atoms with Crippen molar-refractivity contribution in [3.63, 3.8) is 0 Å². The van der Waals surface area contributed by atoms with Crippen LogP contribution in [0.4, 0.5) is 5.69 Å². The third-order valence-corrected chi connectivity index (χ3v) is 3.99. The van der Waals surface area contributed by atoms with E-state index in [2.05, 4.69) is 26.2 Å². The SMILES string of the molecule is Cc1cc(Br)ccc1NC(=O)CN1C(=O)c2cccnc2C1=O. The molecule has 0 saturated carbocycles. The third kappa shape index (κ3) is 2.87. The summed E-state index contributed by atoms with van der Waals surface area (Å²) in [5.41, 5.74) is 1.82. The van der Waals surface area contributed by atoms with Gasteiger partial charge in [-0.2, -0.15) is 0 Å². The lowest BCUT2D eigenvalue weighted by Crippen LogP contribution is -2.37. The number of aromatic nitrogens is 1. The van der Waals surface area contributed by atoms with Gasteiger partial charge in [-0.05, 0) is 42.8 Å². The first kappa shape index (κ1) is 15.4. The fraction of sp³-hybridized carbons (Fsp3) is 0.125. The second-order valence-corrected chi connectivity index (χ2v) is 6.02. The second kappa shape index (κ2) is 5.92. The van der Waals surface area contributed by atoms with Gasteiger partial charge in [-0.1, -0.05) is 15.9 Å². The largest absolute Gasteiger partial charge is 0.324 e. The molecule has 0 fully saturated rings.